The van der Waals surface area contributed by atoms with Crippen LogP contribution in [0.25, 0.3) is 0 Å². The zero-order valence-corrected chi connectivity index (χ0v) is 14.0. The molecule has 5 heteroatoms. The minimum absolute atomic E-state index is 0.202. The third kappa shape index (κ3) is 4.18. The Bertz CT molecular complexity index is 771. The van der Waals surface area contributed by atoms with Crippen LogP contribution in [0.2, 0.25) is 0 Å². The first-order valence-electron chi connectivity index (χ1n) is 8.46. The number of nitrogens with zero attached hydrogens (tertiary/aromatic N) is 1. The molecule has 0 radical (unpaired) electrons. The van der Waals surface area contributed by atoms with Gasteiger partial charge in [0, 0.05) is 30.8 Å². The fraction of sp³-hybridized carbons (Fsp3) is 0.300. The van der Waals surface area contributed by atoms with Crippen LogP contribution in [0, 0.1) is 5.92 Å². The number of nitrogens with two attached hydrogens (primary N) is 1. The molecule has 0 spiro atoms. The van der Waals surface area contributed by atoms with Gasteiger partial charge in [0.05, 0.1) is 0 Å². The average Bonchev–Trinajstić information content (AvgIpc) is 2.60. The Labute approximate surface area is 147 Å². The molecule has 2 aromatic carbocycles. The van der Waals surface area contributed by atoms with Crippen molar-refractivity contribution in [3.63, 3.8) is 0 Å². The Morgan fingerprint density at radius 3 is 2.52 bits per heavy atom. The molecule has 0 aromatic heterocycles. The lowest BCUT2D eigenvalue weighted by atomic mass is 9.89. The molecule has 3 N–H and O–H groups in total. The van der Waals surface area contributed by atoms with Gasteiger partial charge in [0.25, 0.3) is 0 Å². The van der Waals surface area contributed by atoms with E-state index in [1.165, 1.54) is 11.3 Å². The molecular weight excluding hydrogens is 316 g/mol. The number of fused-ring (bicyclic) bond motifs is 1. The smallest absolute Gasteiger partial charge is 0.303 e. The van der Waals surface area contributed by atoms with Crippen molar-refractivity contribution in [2.45, 2.75) is 25.8 Å². The van der Waals surface area contributed by atoms with E-state index in [9.17, 15) is 9.59 Å². The summed E-state index contributed by atoms with van der Waals surface area (Å²) in [5.41, 5.74) is 9.35. The van der Waals surface area contributed by atoms with Gasteiger partial charge in [-0.2, -0.15) is 0 Å². The van der Waals surface area contributed by atoms with Crippen LogP contribution in [0.15, 0.2) is 48.5 Å². The second-order valence-electron chi connectivity index (χ2n) is 6.57. The number of rotatable bonds is 6. The second kappa shape index (κ2) is 7.38. The fourth-order valence-corrected chi connectivity index (χ4v) is 3.44. The van der Waals surface area contributed by atoms with Crippen molar-refractivity contribution in [3.05, 3.63) is 65.2 Å². The molecule has 2 aromatic rings. The summed E-state index contributed by atoms with van der Waals surface area (Å²) < 4.78 is 0. The van der Waals surface area contributed by atoms with Crippen molar-refractivity contribution < 1.29 is 14.7 Å². The molecule has 1 heterocycles. The Hall–Kier alpha value is -2.82. The standard InChI is InChI=1S/C20H22N2O3/c21-20(25)16-8-5-14(6-9-16)12-22-13-15(7-10-19(23)24)11-17-3-1-2-4-18(17)22/h1-6,8-9,15H,7,10-13H2,(H2,21,25)(H,23,24)/t15-/m1/s1. The van der Waals surface area contributed by atoms with Gasteiger partial charge in [0.1, 0.15) is 0 Å². The van der Waals surface area contributed by atoms with E-state index >= 15 is 0 Å². The number of carbonyl (C=O) groups excluding carboxylic acids is 1. The fourth-order valence-electron chi connectivity index (χ4n) is 3.44. The first kappa shape index (κ1) is 17.0. The van der Waals surface area contributed by atoms with Crippen LogP contribution in [0.4, 0.5) is 5.69 Å². The van der Waals surface area contributed by atoms with Crippen LogP contribution in [-0.4, -0.2) is 23.5 Å². The normalized spacial score (nSPS) is 16.3. The molecule has 0 unspecified atom stereocenters. The van der Waals surface area contributed by atoms with Gasteiger partial charge in [0.15, 0.2) is 0 Å². The Morgan fingerprint density at radius 1 is 1.12 bits per heavy atom. The predicted octanol–water partition coefficient (Wildman–Crippen LogP) is 2.83. The molecule has 3 rings (SSSR count). The molecule has 1 aliphatic heterocycles. The largest absolute Gasteiger partial charge is 0.481 e. The predicted molar refractivity (Wildman–Crippen MR) is 96.5 cm³/mol. The summed E-state index contributed by atoms with van der Waals surface area (Å²) in [4.78, 5) is 24.4. The van der Waals surface area contributed by atoms with Crippen LogP contribution in [-0.2, 0) is 17.8 Å². The lowest BCUT2D eigenvalue weighted by Crippen LogP contribution is -2.35. The Balaban J connectivity index is 1.78. The summed E-state index contributed by atoms with van der Waals surface area (Å²) >= 11 is 0. The van der Waals surface area contributed by atoms with E-state index in [0.717, 1.165) is 25.1 Å². The molecule has 0 fully saturated rings. The van der Waals surface area contributed by atoms with E-state index in [1.54, 1.807) is 12.1 Å². The number of carbonyl (C=O) groups is 2. The van der Waals surface area contributed by atoms with Gasteiger partial charge in [-0.3, -0.25) is 9.59 Å². The zero-order chi connectivity index (χ0) is 17.8. The van der Waals surface area contributed by atoms with Gasteiger partial charge in [-0.1, -0.05) is 30.3 Å². The highest BCUT2D eigenvalue weighted by Crippen LogP contribution is 2.32. The van der Waals surface area contributed by atoms with Gasteiger partial charge in [-0.15, -0.1) is 0 Å². The molecule has 5 nitrogen and oxygen atoms in total. The van der Waals surface area contributed by atoms with Gasteiger partial charge in [0.2, 0.25) is 5.91 Å². The third-order valence-electron chi connectivity index (χ3n) is 4.70. The lowest BCUT2D eigenvalue weighted by Gasteiger charge is -2.36. The lowest BCUT2D eigenvalue weighted by molar-refractivity contribution is -0.137. The number of aliphatic carboxylic acids is 1. The molecule has 1 aliphatic rings. The van der Waals surface area contributed by atoms with Crippen molar-refractivity contribution in [3.8, 4) is 0 Å². The maximum atomic E-state index is 11.2. The van der Waals surface area contributed by atoms with Crippen LogP contribution in [0.5, 0.6) is 0 Å². The molecule has 0 saturated heterocycles. The molecule has 0 bridgehead atoms. The van der Waals surface area contributed by atoms with Crippen LogP contribution < -0.4 is 10.6 Å². The van der Waals surface area contributed by atoms with Crippen molar-refractivity contribution in [1.29, 1.82) is 0 Å². The molecule has 0 aliphatic carbocycles. The quantitative estimate of drug-likeness (QED) is 0.848. The number of anilines is 1. The first-order valence-corrected chi connectivity index (χ1v) is 8.46. The Kier molecular flexibility index (Phi) is 5.03. The first-order chi connectivity index (χ1) is 12.0. The van der Waals surface area contributed by atoms with Gasteiger partial charge in [-0.05, 0) is 48.1 Å². The van der Waals surface area contributed by atoms with E-state index in [1.807, 2.05) is 24.3 Å². The number of benzene rings is 2. The van der Waals surface area contributed by atoms with E-state index in [0.29, 0.717) is 17.9 Å². The number of primary amides is 1. The summed E-state index contributed by atoms with van der Waals surface area (Å²) in [5.74, 6) is -0.841. The SMILES string of the molecule is NC(=O)c1ccc(CN2C[C@H](CCC(=O)O)Cc3ccccc32)cc1. The van der Waals surface area contributed by atoms with Crippen molar-refractivity contribution in [2.75, 3.05) is 11.4 Å². The van der Waals surface area contributed by atoms with E-state index in [-0.39, 0.29) is 6.42 Å². The topological polar surface area (TPSA) is 83.6 Å². The highest BCUT2D eigenvalue weighted by Gasteiger charge is 2.24. The van der Waals surface area contributed by atoms with Gasteiger partial charge < -0.3 is 15.7 Å². The van der Waals surface area contributed by atoms with Crippen molar-refractivity contribution in [2.24, 2.45) is 11.7 Å². The maximum Gasteiger partial charge on any atom is 0.303 e. The number of hydrogen-bond donors (Lipinski definition) is 2. The summed E-state index contributed by atoms with van der Waals surface area (Å²) in [6.45, 7) is 1.56. The van der Waals surface area contributed by atoms with Crippen molar-refractivity contribution >= 4 is 17.6 Å². The summed E-state index contributed by atoms with van der Waals surface area (Å²) in [6, 6.07) is 15.6. The molecule has 25 heavy (non-hydrogen) atoms. The number of amides is 1. The highest BCUT2D eigenvalue weighted by atomic mass is 16.4. The number of para-hydroxylation sites is 1. The molecule has 1 atom stereocenters. The van der Waals surface area contributed by atoms with Gasteiger partial charge >= 0.3 is 5.97 Å². The molecule has 130 valence electrons. The van der Waals surface area contributed by atoms with Gasteiger partial charge in [-0.25, -0.2) is 0 Å². The highest BCUT2D eigenvalue weighted by molar-refractivity contribution is 5.92. The van der Waals surface area contributed by atoms with Crippen LogP contribution >= 0.6 is 0 Å². The molecular formula is C20H22N2O3. The Morgan fingerprint density at radius 2 is 1.84 bits per heavy atom. The summed E-state index contributed by atoms with van der Waals surface area (Å²) in [6.07, 6.45) is 1.80. The van der Waals surface area contributed by atoms with Crippen LogP contribution in [0.1, 0.15) is 34.3 Å². The molecule has 1 amide bonds. The minimum Gasteiger partial charge on any atom is -0.481 e. The van der Waals surface area contributed by atoms with Crippen molar-refractivity contribution in [1.82, 2.24) is 0 Å². The number of carboxylic acid groups (broad SMARTS) is 1. The van der Waals surface area contributed by atoms with E-state index < -0.39 is 11.9 Å². The van der Waals surface area contributed by atoms with Crippen LogP contribution in [0.3, 0.4) is 0 Å². The average molecular weight is 338 g/mol. The summed E-state index contributed by atoms with van der Waals surface area (Å²) in [7, 11) is 0. The number of carboxylic acids is 1. The minimum atomic E-state index is -0.743. The van der Waals surface area contributed by atoms with E-state index in [4.69, 9.17) is 10.8 Å². The second-order valence-corrected chi connectivity index (χ2v) is 6.57. The maximum absolute atomic E-state index is 11.2. The zero-order valence-electron chi connectivity index (χ0n) is 14.0. The third-order valence-corrected chi connectivity index (χ3v) is 4.70. The monoisotopic (exact) mass is 338 g/mol. The molecule has 0 saturated carbocycles. The summed E-state index contributed by atoms with van der Waals surface area (Å²) in [5, 5.41) is 8.96. The van der Waals surface area contributed by atoms with E-state index in [2.05, 4.69) is 17.0 Å². The number of hydrogen-bond acceptors (Lipinski definition) is 3.